The molecular formula is C10H12O3Y. The predicted molar refractivity (Wildman–Crippen MR) is 48.9 cm³/mol. The molecule has 0 atom stereocenters. The second kappa shape index (κ2) is 5.47. The van der Waals surface area contributed by atoms with E-state index in [-0.39, 0.29) is 50.0 Å². The third kappa shape index (κ3) is 3.39. The Morgan fingerprint density at radius 3 is 2.29 bits per heavy atom. The van der Waals surface area contributed by atoms with Crippen molar-refractivity contribution in [2.75, 3.05) is 0 Å². The van der Waals surface area contributed by atoms with Crippen molar-refractivity contribution >= 4 is 5.78 Å². The van der Waals surface area contributed by atoms with Crippen molar-refractivity contribution in [1.82, 2.24) is 0 Å². The van der Waals surface area contributed by atoms with Crippen LogP contribution in [0.25, 0.3) is 0 Å². The third-order valence-electron chi connectivity index (χ3n) is 1.87. The van der Waals surface area contributed by atoms with E-state index in [2.05, 4.69) is 0 Å². The monoisotopic (exact) mass is 269 g/mol. The number of aryl methyl sites for hydroxylation is 1. The molecule has 1 rings (SSSR count). The van der Waals surface area contributed by atoms with Crippen LogP contribution in [0.4, 0.5) is 0 Å². The van der Waals surface area contributed by atoms with Gasteiger partial charge in [0.2, 0.25) is 0 Å². The Kier molecular flexibility index (Phi) is 5.31. The van der Waals surface area contributed by atoms with Crippen molar-refractivity contribution in [3.63, 3.8) is 0 Å². The van der Waals surface area contributed by atoms with Crippen LogP contribution in [-0.2, 0) is 43.9 Å². The van der Waals surface area contributed by atoms with Gasteiger partial charge in [0.1, 0.15) is 5.78 Å². The van der Waals surface area contributed by atoms with Crippen molar-refractivity contribution in [2.24, 2.45) is 0 Å². The molecule has 0 aromatic heterocycles. The fourth-order valence-electron chi connectivity index (χ4n) is 1.18. The van der Waals surface area contributed by atoms with Crippen molar-refractivity contribution in [3.05, 3.63) is 23.3 Å². The number of ketones is 1. The average molecular weight is 269 g/mol. The molecule has 4 heteroatoms. The summed E-state index contributed by atoms with van der Waals surface area (Å²) in [7, 11) is 0. The van der Waals surface area contributed by atoms with Gasteiger partial charge >= 0.3 is 0 Å². The van der Waals surface area contributed by atoms with Crippen molar-refractivity contribution < 1.29 is 47.7 Å². The number of benzene rings is 1. The second-order valence-corrected chi connectivity index (χ2v) is 3.15. The molecule has 0 aliphatic heterocycles. The molecule has 0 heterocycles. The standard InChI is InChI=1S/C10H12O3.Y/c1-6-3-9(12)10(13)5-8(6)4-7(2)11;/h3,5,12-13H,4H2,1-2H3;. The van der Waals surface area contributed by atoms with E-state index in [9.17, 15) is 9.90 Å². The van der Waals surface area contributed by atoms with Gasteiger partial charge < -0.3 is 10.2 Å². The molecule has 0 fully saturated rings. The maximum Gasteiger partial charge on any atom is 0.157 e. The summed E-state index contributed by atoms with van der Waals surface area (Å²) in [6.45, 7) is 3.28. The van der Waals surface area contributed by atoms with Crippen molar-refractivity contribution in [3.8, 4) is 11.5 Å². The first kappa shape index (κ1) is 13.6. The van der Waals surface area contributed by atoms with Gasteiger partial charge in [-0.25, -0.2) is 0 Å². The number of rotatable bonds is 2. The SMILES string of the molecule is CC(=O)Cc1cc(O)c(O)cc1C.[Y]. The molecule has 14 heavy (non-hydrogen) atoms. The molecule has 1 aromatic carbocycles. The minimum Gasteiger partial charge on any atom is -0.504 e. The number of carbonyl (C=O) groups excluding carboxylic acids is 1. The Morgan fingerprint density at radius 1 is 1.29 bits per heavy atom. The number of carbonyl (C=O) groups is 1. The van der Waals surface area contributed by atoms with E-state index in [1.165, 1.54) is 19.1 Å². The van der Waals surface area contributed by atoms with Crippen LogP contribution in [0.1, 0.15) is 18.1 Å². The number of hydrogen-bond donors (Lipinski definition) is 2. The Bertz CT molecular complexity index is 347. The van der Waals surface area contributed by atoms with Crippen LogP contribution in [0.5, 0.6) is 11.5 Å². The van der Waals surface area contributed by atoms with Crippen LogP contribution in [0.15, 0.2) is 12.1 Å². The number of hydrogen-bond acceptors (Lipinski definition) is 3. The first-order valence-corrected chi connectivity index (χ1v) is 4.01. The van der Waals surface area contributed by atoms with Crippen LogP contribution in [0.3, 0.4) is 0 Å². The average Bonchev–Trinajstić information content (AvgIpc) is 1.99. The molecule has 0 aliphatic carbocycles. The molecule has 0 unspecified atom stereocenters. The van der Waals surface area contributed by atoms with Crippen LogP contribution >= 0.6 is 0 Å². The Hall–Kier alpha value is -0.406. The van der Waals surface area contributed by atoms with E-state index >= 15 is 0 Å². The third-order valence-corrected chi connectivity index (χ3v) is 1.87. The zero-order valence-electron chi connectivity index (χ0n) is 8.24. The molecule has 0 saturated carbocycles. The zero-order valence-corrected chi connectivity index (χ0v) is 11.1. The summed E-state index contributed by atoms with van der Waals surface area (Å²) >= 11 is 0. The van der Waals surface area contributed by atoms with Gasteiger partial charge in [-0.1, -0.05) is 0 Å². The van der Waals surface area contributed by atoms with Gasteiger partial charge in [0.25, 0.3) is 0 Å². The summed E-state index contributed by atoms with van der Waals surface area (Å²) in [6.07, 6.45) is 0.291. The Balaban J connectivity index is 0.00000169. The normalized spacial score (nSPS) is 9.29. The van der Waals surface area contributed by atoms with Gasteiger partial charge in [0, 0.05) is 39.1 Å². The number of phenolic OH excluding ortho intramolecular Hbond substituents is 2. The van der Waals surface area contributed by atoms with E-state index < -0.39 is 0 Å². The van der Waals surface area contributed by atoms with Crippen molar-refractivity contribution in [2.45, 2.75) is 20.3 Å². The van der Waals surface area contributed by atoms with E-state index in [1.807, 2.05) is 0 Å². The summed E-state index contributed by atoms with van der Waals surface area (Å²) in [5.74, 6) is -0.292. The zero-order chi connectivity index (χ0) is 10.0. The largest absolute Gasteiger partial charge is 0.504 e. The van der Waals surface area contributed by atoms with E-state index in [4.69, 9.17) is 5.11 Å². The topological polar surface area (TPSA) is 57.5 Å². The van der Waals surface area contributed by atoms with Gasteiger partial charge in [-0.2, -0.15) is 0 Å². The first-order chi connectivity index (χ1) is 6.00. The van der Waals surface area contributed by atoms with Crippen LogP contribution in [0.2, 0.25) is 0 Å². The summed E-state index contributed by atoms with van der Waals surface area (Å²) in [5, 5.41) is 18.3. The van der Waals surface area contributed by atoms with Crippen LogP contribution in [0, 0.1) is 6.92 Å². The summed E-state index contributed by atoms with van der Waals surface area (Å²) in [4.78, 5) is 10.8. The first-order valence-electron chi connectivity index (χ1n) is 4.01. The minimum absolute atomic E-state index is 0. The molecule has 3 nitrogen and oxygen atoms in total. The van der Waals surface area contributed by atoms with Crippen LogP contribution in [-0.4, -0.2) is 16.0 Å². The second-order valence-electron chi connectivity index (χ2n) is 3.15. The Morgan fingerprint density at radius 2 is 1.79 bits per heavy atom. The van der Waals surface area contributed by atoms with Gasteiger partial charge in [-0.05, 0) is 37.1 Å². The summed E-state index contributed by atoms with van der Waals surface area (Å²) in [6, 6.07) is 2.87. The molecule has 0 aliphatic rings. The van der Waals surface area contributed by atoms with Crippen molar-refractivity contribution in [1.29, 1.82) is 0 Å². The maximum atomic E-state index is 10.8. The van der Waals surface area contributed by atoms with E-state index in [0.717, 1.165) is 11.1 Å². The molecule has 1 aromatic rings. The number of Topliss-reactive ketones (excluding diaryl/α,β-unsaturated/α-hetero) is 1. The van der Waals surface area contributed by atoms with E-state index in [0.29, 0.717) is 6.42 Å². The predicted octanol–water partition coefficient (Wildman–Crippen LogP) is 1.54. The quantitative estimate of drug-likeness (QED) is 0.800. The molecule has 0 spiro atoms. The number of aromatic hydroxyl groups is 2. The van der Waals surface area contributed by atoms with Gasteiger partial charge in [0.05, 0.1) is 0 Å². The molecule has 0 saturated heterocycles. The van der Waals surface area contributed by atoms with Gasteiger partial charge in [-0.15, -0.1) is 0 Å². The fourth-order valence-corrected chi connectivity index (χ4v) is 1.18. The molecule has 0 bridgehead atoms. The summed E-state index contributed by atoms with van der Waals surface area (Å²) in [5.41, 5.74) is 1.56. The molecule has 73 valence electrons. The van der Waals surface area contributed by atoms with Gasteiger partial charge in [-0.3, -0.25) is 4.79 Å². The fraction of sp³-hybridized carbons (Fsp3) is 0.300. The Labute approximate surface area is 108 Å². The summed E-state index contributed by atoms with van der Waals surface area (Å²) < 4.78 is 0. The molecule has 2 N–H and O–H groups in total. The van der Waals surface area contributed by atoms with Crippen LogP contribution < -0.4 is 0 Å². The molecule has 0 amide bonds. The van der Waals surface area contributed by atoms with E-state index in [1.54, 1.807) is 6.92 Å². The minimum atomic E-state index is -0.179. The smallest absolute Gasteiger partial charge is 0.157 e. The molecule has 1 radical (unpaired) electrons. The molecular weight excluding hydrogens is 257 g/mol. The van der Waals surface area contributed by atoms with Gasteiger partial charge in [0.15, 0.2) is 11.5 Å². The number of phenols is 2. The maximum absolute atomic E-state index is 10.8.